The number of methoxy groups -OCH3 is 1. The molecule has 1 unspecified atom stereocenters. The molecule has 5 heteroatoms. The van der Waals surface area contributed by atoms with Gasteiger partial charge in [0.05, 0.1) is 6.61 Å². The molecule has 0 bridgehead atoms. The van der Waals surface area contributed by atoms with E-state index in [0.29, 0.717) is 13.2 Å². The highest BCUT2D eigenvalue weighted by Crippen LogP contribution is 2.25. The summed E-state index contributed by atoms with van der Waals surface area (Å²) in [7, 11) is 1.65. The van der Waals surface area contributed by atoms with Gasteiger partial charge in [0.2, 0.25) is 0 Å². The molecule has 0 aliphatic carbocycles. The summed E-state index contributed by atoms with van der Waals surface area (Å²) in [5, 5.41) is 10.4. The van der Waals surface area contributed by atoms with Gasteiger partial charge in [-0.1, -0.05) is 24.3 Å². The molecule has 1 fully saturated rings. The Morgan fingerprint density at radius 3 is 2.61 bits per heavy atom. The first-order valence-corrected chi connectivity index (χ1v) is 5.91. The van der Waals surface area contributed by atoms with Crippen molar-refractivity contribution in [2.75, 3.05) is 13.7 Å². The molecular formula is C13H17N3O2. The van der Waals surface area contributed by atoms with E-state index in [2.05, 4.69) is 5.32 Å². The smallest absolute Gasteiger partial charge is 0.323 e. The van der Waals surface area contributed by atoms with E-state index in [0.717, 1.165) is 11.1 Å². The molecule has 2 N–H and O–H groups in total. The minimum absolute atomic E-state index is 0.200. The second-order valence-electron chi connectivity index (χ2n) is 4.21. The Kier molecular flexibility index (Phi) is 3.62. The SMILES string of the molecule is CCN1C(=O)NC(=N)C1c1ccc(COC)cc1. The Morgan fingerprint density at radius 2 is 2.06 bits per heavy atom. The number of hydrogen-bond acceptors (Lipinski definition) is 3. The van der Waals surface area contributed by atoms with Crippen molar-refractivity contribution in [3.63, 3.8) is 0 Å². The highest BCUT2D eigenvalue weighted by Gasteiger charge is 2.35. The second-order valence-corrected chi connectivity index (χ2v) is 4.21. The minimum atomic E-state index is -0.293. The maximum Gasteiger partial charge on any atom is 0.323 e. The fourth-order valence-corrected chi connectivity index (χ4v) is 2.16. The van der Waals surface area contributed by atoms with Gasteiger partial charge in [0, 0.05) is 13.7 Å². The van der Waals surface area contributed by atoms with Gasteiger partial charge in [-0.2, -0.15) is 0 Å². The topological polar surface area (TPSA) is 65.4 Å². The molecule has 0 spiro atoms. The third-order valence-corrected chi connectivity index (χ3v) is 3.03. The summed E-state index contributed by atoms with van der Waals surface area (Å²) in [5.74, 6) is 0.237. The molecule has 1 atom stereocenters. The summed E-state index contributed by atoms with van der Waals surface area (Å²) in [4.78, 5) is 13.3. The molecule has 0 aromatic heterocycles. The average molecular weight is 247 g/mol. The highest BCUT2D eigenvalue weighted by molar-refractivity contribution is 6.05. The molecule has 1 heterocycles. The number of amidine groups is 1. The summed E-state index contributed by atoms with van der Waals surface area (Å²) < 4.78 is 5.05. The van der Waals surface area contributed by atoms with Gasteiger partial charge in [0.15, 0.2) is 0 Å². The first kappa shape index (κ1) is 12.6. The Labute approximate surface area is 106 Å². The molecule has 1 aliphatic rings. The van der Waals surface area contributed by atoms with Crippen LogP contribution in [0.2, 0.25) is 0 Å². The minimum Gasteiger partial charge on any atom is -0.380 e. The number of urea groups is 1. The quantitative estimate of drug-likeness (QED) is 0.853. The third-order valence-electron chi connectivity index (χ3n) is 3.03. The van der Waals surface area contributed by atoms with Gasteiger partial charge in [0.1, 0.15) is 11.9 Å². The lowest BCUT2D eigenvalue weighted by atomic mass is 10.0. The van der Waals surface area contributed by atoms with E-state index in [1.165, 1.54) is 0 Å². The van der Waals surface area contributed by atoms with Crippen LogP contribution in [0.25, 0.3) is 0 Å². The summed E-state index contributed by atoms with van der Waals surface area (Å²) >= 11 is 0. The van der Waals surface area contributed by atoms with Gasteiger partial charge in [-0.3, -0.25) is 10.7 Å². The van der Waals surface area contributed by atoms with E-state index in [4.69, 9.17) is 10.1 Å². The van der Waals surface area contributed by atoms with Crippen LogP contribution in [-0.2, 0) is 11.3 Å². The average Bonchev–Trinajstić information content (AvgIpc) is 2.65. The summed E-state index contributed by atoms with van der Waals surface area (Å²) in [6.07, 6.45) is 0. The number of likely N-dealkylation sites (N-methyl/N-ethyl adjacent to an activating group) is 1. The van der Waals surface area contributed by atoms with Crippen LogP contribution < -0.4 is 5.32 Å². The molecule has 1 aliphatic heterocycles. The molecule has 1 aromatic carbocycles. The maximum atomic E-state index is 11.6. The van der Waals surface area contributed by atoms with Crippen molar-refractivity contribution in [2.24, 2.45) is 0 Å². The monoisotopic (exact) mass is 247 g/mol. The first-order chi connectivity index (χ1) is 8.67. The fraction of sp³-hybridized carbons (Fsp3) is 0.385. The van der Waals surface area contributed by atoms with E-state index < -0.39 is 0 Å². The van der Waals surface area contributed by atoms with Gasteiger partial charge in [0.25, 0.3) is 0 Å². The lowest BCUT2D eigenvalue weighted by Gasteiger charge is -2.21. The largest absolute Gasteiger partial charge is 0.380 e. The van der Waals surface area contributed by atoms with E-state index in [-0.39, 0.29) is 17.9 Å². The lowest BCUT2D eigenvalue weighted by molar-refractivity contribution is 0.185. The molecule has 18 heavy (non-hydrogen) atoms. The van der Waals surface area contributed by atoms with Crippen LogP contribution in [0.5, 0.6) is 0 Å². The van der Waals surface area contributed by atoms with Crippen molar-refractivity contribution in [1.29, 1.82) is 5.41 Å². The van der Waals surface area contributed by atoms with Crippen LogP contribution in [0, 0.1) is 5.41 Å². The molecule has 2 amide bonds. The Morgan fingerprint density at radius 1 is 1.39 bits per heavy atom. The molecule has 0 saturated carbocycles. The number of nitrogens with zero attached hydrogens (tertiary/aromatic N) is 1. The van der Waals surface area contributed by atoms with E-state index in [9.17, 15) is 4.79 Å². The molecular weight excluding hydrogens is 230 g/mol. The molecule has 96 valence electrons. The zero-order chi connectivity index (χ0) is 13.1. The zero-order valence-electron chi connectivity index (χ0n) is 10.6. The van der Waals surface area contributed by atoms with Crippen LogP contribution in [0.15, 0.2) is 24.3 Å². The van der Waals surface area contributed by atoms with Crippen molar-refractivity contribution in [3.05, 3.63) is 35.4 Å². The van der Waals surface area contributed by atoms with Crippen LogP contribution in [0.3, 0.4) is 0 Å². The number of nitrogens with one attached hydrogen (secondary N) is 2. The number of hydrogen-bond donors (Lipinski definition) is 2. The van der Waals surface area contributed by atoms with Crippen LogP contribution >= 0.6 is 0 Å². The zero-order valence-corrected chi connectivity index (χ0v) is 10.6. The number of rotatable bonds is 4. The molecule has 2 rings (SSSR count). The van der Waals surface area contributed by atoms with Crippen LogP contribution in [0.4, 0.5) is 4.79 Å². The molecule has 1 saturated heterocycles. The van der Waals surface area contributed by atoms with Crippen molar-refractivity contribution in [1.82, 2.24) is 10.2 Å². The predicted octanol–water partition coefficient (Wildman–Crippen LogP) is 1.90. The molecule has 0 radical (unpaired) electrons. The third kappa shape index (κ3) is 2.22. The van der Waals surface area contributed by atoms with E-state index in [1.807, 2.05) is 31.2 Å². The maximum absolute atomic E-state index is 11.6. The Bertz CT molecular complexity index is 456. The number of carbonyl (C=O) groups excluding carboxylic acids is 1. The normalized spacial score (nSPS) is 19.2. The number of ether oxygens (including phenoxy) is 1. The fourth-order valence-electron chi connectivity index (χ4n) is 2.16. The summed E-state index contributed by atoms with van der Waals surface area (Å²) in [5.41, 5.74) is 2.02. The van der Waals surface area contributed by atoms with Crippen molar-refractivity contribution >= 4 is 11.9 Å². The summed E-state index contributed by atoms with van der Waals surface area (Å²) in [6, 6.07) is 7.31. The van der Waals surface area contributed by atoms with Crippen LogP contribution in [0.1, 0.15) is 24.1 Å². The van der Waals surface area contributed by atoms with Gasteiger partial charge < -0.3 is 9.64 Å². The Hall–Kier alpha value is -1.88. The van der Waals surface area contributed by atoms with Gasteiger partial charge in [-0.15, -0.1) is 0 Å². The Balaban J connectivity index is 2.24. The van der Waals surface area contributed by atoms with E-state index in [1.54, 1.807) is 12.0 Å². The number of amides is 2. The number of carbonyl (C=O) groups is 1. The first-order valence-electron chi connectivity index (χ1n) is 5.91. The van der Waals surface area contributed by atoms with E-state index >= 15 is 0 Å². The standard InChI is InChI=1S/C13H17N3O2/c1-3-16-11(12(14)15-13(16)17)10-6-4-9(5-7-10)8-18-2/h4-7,11H,3,8H2,1-2H3,(H2,14,15,17). The van der Waals surface area contributed by atoms with Crippen molar-refractivity contribution in [3.8, 4) is 0 Å². The van der Waals surface area contributed by atoms with Gasteiger partial charge in [-0.05, 0) is 18.1 Å². The van der Waals surface area contributed by atoms with Crippen LogP contribution in [-0.4, -0.2) is 30.4 Å². The predicted molar refractivity (Wildman–Crippen MR) is 68.5 cm³/mol. The lowest BCUT2D eigenvalue weighted by Crippen LogP contribution is -2.29. The van der Waals surface area contributed by atoms with Crippen molar-refractivity contribution in [2.45, 2.75) is 19.6 Å². The molecule has 1 aromatic rings. The van der Waals surface area contributed by atoms with Gasteiger partial charge in [-0.25, -0.2) is 4.79 Å². The highest BCUT2D eigenvalue weighted by atomic mass is 16.5. The number of benzene rings is 1. The molecule has 5 nitrogen and oxygen atoms in total. The summed E-state index contributed by atoms with van der Waals surface area (Å²) in [6.45, 7) is 3.06. The van der Waals surface area contributed by atoms with Gasteiger partial charge >= 0.3 is 6.03 Å². The second kappa shape index (κ2) is 5.18. The van der Waals surface area contributed by atoms with Crippen molar-refractivity contribution < 1.29 is 9.53 Å².